The number of nitro groups is 1. The summed E-state index contributed by atoms with van der Waals surface area (Å²) in [5.74, 6) is -2.39. The first-order valence-corrected chi connectivity index (χ1v) is 3.84. The van der Waals surface area contributed by atoms with Gasteiger partial charge in [-0.25, -0.2) is 18.6 Å². The highest BCUT2D eigenvalue weighted by Crippen LogP contribution is 2.26. The van der Waals surface area contributed by atoms with E-state index in [0.29, 0.717) is 6.07 Å². The van der Waals surface area contributed by atoms with Crippen molar-refractivity contribution in [3.05, 3.63) is 37.7 Å². The van der Waals surface area contributed by atoms with Gasteiger partial charge in [0.05, 0.1) is 0 Å². The highest BCUT2D eigenvalue weighted by Gasteiger charge is 2.25. The average Bonchev–Trinajstić information content (AvgIpc) is 2.15. The number of H-pyrrole nitrogens is 1. The monoisotopic (exact) mass is 233 g/mol. The Bertz CT molecular complexity index is 511. The van der Waals surface area contributed by atoms with E-state index < -0.39 is 39.8 Å². The fraction of sp³-hybridized carbons (Fsp3) is 0.143. The maximum absolute atomic E-state index is 12.4. The van der Waals surface area contributed by atoms with Crippen LogP contribution in [-0.4, -0.2) is 15.8 Å². The number of aromatic nitrogens is 1. The van der Waals surface area contributed by atoms with Gasteiger partial charge in [0.2, 0.25) is 0 Å². The first-order chi connectivity index (χ1) is 7.34. The lowest BCUT2D eigenvalue weighted by Gasteiger charge is -2.03. The van der Waals surface area contributed by atoms with E-state index in [2.05, 4.69) is 0 Å². The third-order valence-electron chi connectivity index (χ3n) is 1.73. The maximum Gasteiger partial charge on any atom is 0.344 e. The number of carbonyl (C=O) groups is 1. The van der Waals surface area contributed by atoms with Crippen molar-refractivity contribution in [3.8, 4) is 0 Å². The number of nitrogens with two attached hydrogens (primary N) is 1. The van der Waals surface area contributed by atoms with Gasteiger partial charge in [0, 0.05) is 0 Å². The van der Waals surface area contributed by atoms with Gasteiger partial charge in [-0.05, 0) is 11.0 Å². The number of hydrogen-bond donors (Lipinski definition) is 2. The Labute approximate surface area is 86.0 Å². The summed E-state index contributed by atoms with van der Waals surface area (Å²) in [5, 5.41) is 10.3. The second kappa shape index (κ2) is 4.04. The number of carbonyl (C=O) groups excluding carboxylic acids is 1. The minimum absolute atomic E-state index is 0.421. The van der Waals surface area contributed by atoms with Gasteiger partial charge in [-0.2, -0.15) is 0 Å². The van der Waals surface area contributed by atoms with E-state index in [4.69, 9.17) is 5.73 Å². The summed E-state index contributed by atoms with van der Waals surface area (Å²) in [5.41, 5.74) is 1.75. The molecule has 16 heavy (non-hydrogen) atoms. The minimum Gasteiger partial charge on any atom is -0.365 e. The molecule has 0 saturated heterocycles. The predicted molar refractivity (Wildman–Crippen MR) is 47.2 cm³/mol. The van der Waals surface area contributed by atoms with E-state index >= 15 is 0 Å². The number of nitrogens with one attached hydrogen (secondary N) is 1. The third kappa shape index (κ3) is 2.02. The van der Waals surface area contributed by atoms with E-state index in [1.165, 1.54) is 0 Å². The highest BCUT2D eigenvalue weighted by molar-refractivity contribution is 5.92. The Morgan fingerprint density at radius 1 is 1.56 bits per heavy atom. The van der Waals surface area contributed by atoms with Crippen LogP contribution in [0.1, 0.15) is 22.3 Å². The van der Waals surface area contributed by atoms with E-state index in [0.717, 1.165) is 0 Å². The van der Waals surface area contributed by atoms with Crippen LogP contribution in [0, 0.1) is 10.1 Å². The Morgan fingerprint density at radius 3 is 2.50 bits per heavy atom. The van der Waals surface area contributed by atoms with Crippen LogP contribution in [0.3, 0.4) is 0 Å². The molecule has 0 atom stereocenters. The van der Waals surface area contributed by atoms with Crippen LogP contribution in [0.4, 0.5) is 14.6 Å². The molecule has 0 aliphatic rings. The zero-order valence-corrected chi connectivity index (χ0v) is 7.57. The first kappa shape index (κ1) is 11.8. The van der Waals surface area contributed by atoms with Crippen molar-refractivity contribution >= 4 is 11.7 Å². The van der Waals surface area contributed by atoms with Gasteiger partial charge in [0.1, 0.15) is 11.1 Å². The normalized spacial score (nSPS) is 10.4. The second-order valence-electron chi connectivity index (χ2n) is 2.74. The molecular weight excluding hydrogens is 228 g/mol. The van der Waals surface area contributed by atoms with Crippen molar-refractivity contribution in [1.29, 1.82) is 0 Å². The van der Waals surface area contributed by atoms with Gasteiger partial charge >= 0.3 is 11.4 Å². The third-order valence-corrected chi connectivity index (χ3v) is 1.73. The van der Waals surface area contributed by atoms with E-state index in [1.807, 2.05) is 0 Å². The van der Waals surface area contributed by atoms with Gasteiger partial charge < -0.3 is 15.8 Å². The molecule has 1 amide bonds. The summed E-state index contributed by atoms with van der Waals surface area (Å²) >= 11 is 0. The summed E-state index contributed by atoms with van der Waals surface area (Å²) < 4.78 is 24.8. The zero-order chi connectivity index (χ0) is 12.5. The molecule has 0 fully saturated rings. The molecule has 0 unspecified atom stereocenters. The summed E-state index contributed by atoms with van der Waals surface area (Å²) in [6, 6.07) is 0.421. The molecule has 1 heterocycles. The van der Waals surface area contributed by atoms with Crippen molar-refractivity contribution < 1.29 is 18.5 Å². The molecule has 0 aromatic carbocycles. The van der Waals surface area contributed by atoms with Crippen LogP contribution < -0.4 is 11.3 Å². The number of amides is 1. The first-order valence-electron chi connectivity index (χ1n) is 3.84. The number of hydrogen-bond acceptors (Lipinski definition) is 4. The largest absolute Gasteiger partial charge is 0.365 e. The standard InChI is InChI=1S/C7H5F2N3O4/c8-4(9)2-1-3(5(10)13)7(14)11-6(2)12(15)16/h1,4H,(H2,10,13)(H,11,14). The SMILES string of the molecule is NC(=O)c1cc(C(F)F)c([N+](=O)[O-])[nH]c1=O. The van der Waals surface area contributed by atoms with Crippen LogP contribution in [-0.2, 0) is 0 Å². The van der Waals surface area contributed by atoms with Crippen molar-refractivity contribution in [2.24, 2.45) is 5.73 Å². The molecule has 86 valence electrons. The number of aromatic amines is 1. The summed E-state index contributed by atoms with van der Waals surface area (Å²) in [6.07, 6.45) is -3.20. The van der Waals surface area contributed by atoms with Crippen LogP contribution in [0.15, 0.2) is 10.9 Å². The molecule has 3 N–H and O–H groups in total. The summed E-state index contributed by atoms with van der Waals surface area (Å²) in [6.45, 7) is 0. The zero-order valence-electron chi connectivity index (χ0n) is 7.57. The number of alkyl halides is 2. The van der Waals surface area contributed by atoms with Gasteiger partial charge in [-0.1, -0.05) is 0 Å². The smallest absolute Gasteiger partial charge is 0.344 e. The molecule has 1 aromatic rings. The minimum atomic E-state index is -3.20. The van der Waals surface area contributed by atoms with Gasteiger partial charge in [-0.15, -0.1) is 0 Å². The van der Waals surface area contributed by atoms with Crippen molar-refractivity contribution in [3.63, 3.8) is 0 Å². The van der Waals surface area contributed by atoms with E-state index in [9.17, 15) is 28.5 Å². The van der Waals surface area contributed by atoms with Crippen molar-refractivity contribution in [1.82, 2.24) is 4.98 Å². The average molecular weight is 233 g/mol. The maximum atomic E-state index is 12.4. The molecule has 9 heteroatoms. The van der Waals surface area contributed by atoms with Crippen molar-refractivity contribution in [2.45, 2.75) is 6.43 Å². The van der Waals surface area contributed by atoms with E-state index in [-0.39, 0.29) is 0 Å². The fourth-order valence-corrected chi connectivity index (χ4v) is 1.04. The van der Waals surface area contributed by atoms with Gasteiger partial charge in [-0.3, -0.25) is 4.79 Å². The Balaban J connectivity index is 3.56. The van der Waals surface area contributed by atoms with Gasteiger partial charge in [0.15, 0.2) is 0 Å². The highest BCUT2D eigenvalue weighted by atomic mass is 19.3. The number of halogens is 2. The predicted octanol–water partition coefficient (Wildman–Crippen LogP) is 0.320. The van der Waals surface area contributed by atoms with Crippen LogP contribution in [0.25, 0.3) is 0 Å². The molecule has 7 nitrogen and oxygen atoms in total. The molecule has 0 aliphatic carbocycles. The molecule has 0 bridgehead atoms. The summed E-state index contributed by atoms with van der Waals surface area (Å²) in [7, 11) is 0. The molecule has 0 spiro atoms. The number of pyridine rings is 1. The summed E-state index contributed by atoms with van der Waals surface area (Å²) in [4.78, 5) is 32.5. The lowest BCUT2D eigenvalue weighted by molar-refractivity contribution is -0.391. The van der Waals surface area contributed by atoms with Gasteiger partial charge in [0.25, 0.3) is 12.3 Å². The number of rotatable bonds is 3. The number of primary amides is 1. The molecule has 0 aliphatic heterocycles. The van der Waals surface area contributed by atoms with Crippen molar-refractivity contribution in [2.75, 3.05) is 0 Å². The lowest BCUT2D eigenvalue weighted by Crippen LogP contribution is -2.25. The fourth-order valence-electron chi connectivity index (χ4n) is 1.04. The Morgan fingerprint density at radius 2 is 2.12 bits per heavy atom. The molecule has 0 radical (unpaired) electrons. The Kier molecular flexibility index (Phi) is 2.97. The molecule has 1 aromatic heterocycles. The van der Waals surface area contributed by atoms with Crippen LogP contribution in [0.5, 0.6) is 0 Å². The van der Waals surface area contributed by atoms with Crippen LogP contribution in [0.2, 0.25) is 0 Å². The topological polar surface area (TPSA) is 119 Å². The molecule has 1 rings (SSSR count). The second-order valence-corrected chi connectivity index (χ2v) is 2.74. The number of nitrogens with zero attached hydrogens (tertiary/aromatic N) is 1. The molecular formula is C7H5F2N3O4. The van der Waals surface area contributed by atoms with Crippen LogP contribution >= 0.6 is 0 Å². The Hall–Kier alpha value is -2.32. The quantitative estimate of drug-likeness (QED) is 0.576. The van der Waals surface area contributed by atoms with E-state index in [1.54, 1.807) is 4.98 Å². The lowest BCUT2D eigenvalue weighted by atomic mass is 10.2. The molecule has 0 saturated carbocycles.